The molecule has 3 aromatic rings. The monoisotopic (exact) mass is 402 g/mol. The number of carbonyl (C=O) groups excluding carboxylic acids is 2. The Hall–Kier alpha value is -3.46. The van der Waals surface area contributed by atoms with Gasteiger partial charge in [0.2, 0.25) is 11.1 Å². The number of amides is 1. The lowest BCUT2D eigenvalue weighted by atomic mass is 10.3. The minimum atomic E-state index is -1.01. The highest BCUT2D eigenvalue weighted by Gasteiger charge is 2.18. The molecule has 2 heterocycles. The molecule has 0 spiro atoms. The van der Waals surface area contributed by atoms with Gasteiger partial charge in [0.1, 0.15) is 5.76 Å². The molecule has 0 aliphatic heterocycles. The van der Waals surface area contributed by atoms with Crippen molar-refractivity contribution in [1.29, 1.82) is 0 Å². The summed E-state index contributed by atoms with van der Waals surface area (Å²) < 4.78 is 11.1. The molecule has 0 saturated heterocycles. The van der Waals surface area contributed by atoms with Crippen molar-refractivity contribution in [3.63, 3.8) is 0 Å². The minimum Gasteiger partial charge on any atom is -0.451 e. The van der Waals surface area contributed by atoms with Crippen molar-refractivity contribution in [2.75, 3.05) is 11.9 Å². The van der Waals surface area contributed by atoms with Crippen LogP contribution in [0.25, 0.3) is 5.69 Å². The summed E-state index contributed by atoms with van der Waals surface area (Å²) in [4.78, 5) is 36.2. The van der Waals surface area contributed by atoms with E-state index < -0.39 is 29.6 Å². The van der Waals surface area contributed by atoms with Gasteiger partial charge in [0.15, 0.2) is 12.4 Å². The predicted octanol–water partition coefficient (Wildman–Crippen LogP) is 2.29. The van der Waals surface area contributed by atoms with E-state index in [1.807, 2.05) is 0 Å². The van der Waals surface area contributed by atoms with E-state index in [9.17, 15) is 14.4 Å². The van der Waals surface area contributed by atoms with Gasteiger partial charge in [-0.05, 0) is 38.1 Å². The molecule has 28 heavy (non-hydrogen) atoms. The highest BCUT2D eigenvalue weighted by atomic mass is 35.5. The van der Waals surface area contributed by atoms with Crippen LogP contribution in [0.5, 0.6) is 0 Å². The van der Waals surface area contributed by atoms with Crippen LogP contribution in [0.1, 0.15) is 21.9 Å². The Kier molecular flexibility index (Phi) is 5.55. The molecule has 3 rings (SSSR count). The quantitative estimate of drug-likeness (QED) is 0.650. The predicted molar refractivity (Wildman–Crippen MR) is 99.7 cm³/mol. The fourth-order valence-corrected chi connectivity index (χ4v) is 2.46. The number of nitrogens with one attached hydrogen (secondary N) is 1. The summed E-state index contributed by atoms with van der Waals surface area (Å²) in [5.41, 5.74) is 0.0731. The number of aryl methyl sites for hydroxylation is 2. The van der Waals surface area contributed by atoms with E-state index >= 15 is 0 Å². The normalized spacial score (nSPS) is 10.5. The molecule has 0 fully saturated rings. The maximum Gasteiger partial charge on any atom is 0.363 e. The van der Waals surface area contributed by atoms with Crippen molar-refractivity contribution in [3.05, 3.63) is 68.8 Å². The first-order chi connectivity index (χ1) is 13.3. The third-order valence-corrected chi connectivity index (χ3v) is 3.85. The molecule has 9 nitrogen and oxygen atoms in total. The molecule has 0 aliphatic carbocycles. The van der Waals surface area contributed by atoms with Crippen molar-refractivity contribution in [1.82, 2.24) is 14.9 Å². The van der Waals surface area contributed by atoms with Crippen molar-refractivity contribution < 1.29 is 18.8 Å². The van der Waals surface area contributed by atoms with Crippen molar-refractivity contribution >= 4 is 29.3 Å². The van der Waals surface area contributed by atoms with Gasteiger partial charge in [-0.3, -0.25) is 9.59 Å². The number of anilines is 1. The molecule has 0 aliphatic rings. The molecule has 0 radical (unpaired) electrons. The Morgan fingerprint density at radius 3 is 2.57 bits per heavy atom. The Morgan fingerprint density at radius 1 is 1.21 bits per heavy atom. The Morgan fingerprint density at radius 2 is 1.93 bits per heavy atom. The largest absolute Gasteiger partial charge is 0.451 e. The van der Waals surface area contributed by atoms with Crippen molar-refractivity contribution in [2.24, 2.45) is 0 Å². The molecule has 0 saturated carbocycles. The first kappa shape index (κ1) is 19.3. The number of hydrogen-bond donors (Lipinski definition) is 1. The zero-order chi connectivity index (χ0) is 20.3. The molecule has 144 valence electrons. The van der Waals surface area contributed by atoms with Gasteiger partial charge in [0.25, 0.3) is 5.91 Å². The number of nitrogens with zero attached hydrogens (tertiary/aromatic N) is 3. The third-order valence-electron chi connectivity index (χ3n) is 3.60. The molecular weight excluding hydrogens is 388 g/mol. The maximum absolute atomic E-state index is 12.2. The second kappa shape index (κ2) is 8.05. The third kappa shape index (κ3) is 4.44. The lowest BCUT2D eigenvalue weighted by Crippen LogP contribution is -2.27. The number of esters is 1. The van der Waals surface area contributed by atoms with E-state index in [2.05, 4.69) is 15.6 Å². The van der Waals surface area contributed by atoms with Gasteiger partial charge in [0, 0.05) is 22.8 Å². The second-order valence-electron chi connectivity index (χ2n) is 5.83. The molecule has 10 heteroatoms. The molecule has 1 aromatic carbocycles. The van der Waals surface area contributed by atoms with Gasteiger partial charge in [-0.1, -0.05) is 16.8 Å². The zero-order valence-corrected chi connectivity index (χ0v) is 15.7. The van der Waals surface area contributed by atoms with E-state index in [1.54, 1.807) is 38.1 Å². The number of rotatable bonds is 5. The van der Waals surface area contributed by atoms with Gasteiger partial charge in [-0.25, -0.2) is 9.48 Å². The molecule has 0 unspecified atom stereocenters. The smallest absolute Gasteiger partial charge is 0.363 e. The molecule has 1 N–H and O–H groups in total. The average molecular weight is 403 g/mol. The fourth-order valence-electron chi connectivity index (χ4n) is 2.34. The van der Waals surface area contributed by atoms with Crippen LogP contribution < -0.4 is 10.7 Å². The number of halogens is 1. The lowest BCUT2D eigenvalue weighted by Gasteiger charge is -2.11. The van der Waals surface area contributed by atoms with Gasteiger partial charge in [0.05, 0.1) is 5.69 Å². The van der Waals surface area contributed by atoms with Crippen LogP contribution in [0.2, 0.25) is 5.02 Å². The molecule has 2 aromatic heterocycles. The van der Waals surface area contributed by atoms with Crippen LogP contribution in [-0.2, 0) is 9.53 Å². The van der Waals surface area contributed by atoms with Crippen LogP contribution in [0.15, 0.2) is 45.7 Å². The maximum atomic E-state index is 12.2. The van der Waals surface area contributed by atoms with Gasteiger partial charge < -0.3 is 14.6 Å². The first-order valence-corrected chi connectivity index (χ1v) is 8.48. The SMILES string of the molecule is Cc1cc(NC(=O)COC(=O)c2nn(-c3ccc(Cl)cc3)c(C)cc2=O)no1. The summed E-state index contributed by atoms with van der Waals surface area (Å²) in [5, 5.41) is 10.6. The van der Waals surface area contributed by atoms with Crippen LogP contribution >= 0.6 is 11.6 Å². The van der Waals surface area contributed by atoms with Gasteiger partial charge in [-0.2, -0.15) is 5.10 Å². The summed E-state index contributed by atoms with van der Waals surface area (Å²) in [6.45, 7) is 2.73. The van der Waals surface area contributed by atoms with E-state index in [4.69, 9.17) is 20.9 Å². The number of benzene rings is 1. The van der Waals surface area contributed by atoms with Gasteiger partial charge >= 0.3 is 5.97 Å². The summed E-state index contributed by atoms with van der Waals surface area (Å²) in [6, 6.07) is 9.46. The number of aromatic nitrogens is 3. The summed E-state index contributed by atoms with van der Waals surface area (Å²) in [7, 11) is 0. The Balaban J connectivity index is 1.74. The topological polar surface area (TPSA) is 116 Å². The summed E-state index contributed by atoms with van der Waals surface area (Å²) in [5.74, 6) is -0.943. The van der Waals surface area contributed by atoms with E-state index in [0.29, 0.717) is 22.2 Å². The van der Waals surface area contributed by atoms with Crippen LogP contribution in [0.3, 0.4) is 0 Å². The van der Waals surface area contributed by atoms with Gasteiger partial charge in [-0.15, -0.1) is 0 Å². The van der Waals surface area contributed by atoms with E-state index in [1.165, 1.54) is 16.8 Å². The summed E-state index contributed by atoms with van der Waals surface area (Å²) >= 11 is 5.87. The van der Waals surface area contributed by atoms with E-state index in [-0.39, 0.29) is 5.82 Å². The van der Waals surface area contributed by atoms with Crippen LogP contribution in [-0.4, -0.2) is 33.4 Å². The number of hydrogen-bond acceptors (Lipinski definition) is 7. The van der Waals surface area contributed by atoms with E-state index in [0.717, 1.165) is 0 Å². The highest BCUT2D eigenvalue weighted by Crippen LogP contribution is 2.14. The molecule has 1 amide bonds. The van der Waals surface area contributed by atoms with Crippen LogP contribution in [0.4, 0.5) is 5.82 Å². The standard InChI is InChI=1S/C18H15ClN4O5/c1-10-7-14(24)17(21-23(10)13-5-3-12(19)4-6-13)18(26)27-9-16(25)20-15-8-11(2)28-22-15/h3-8H,9H2,1-2H3,(H,20,22,25). The average Bonchev–Trinajstić information content (AvgIpc) is 3.05. The molecular formula is C18H15ClN4O5. The van der Waals surface area contributed by atoms with Crippen molar-refractivity contribution in [3.8, 4) is 5.69 Å². The second-order valence-corrected chi connectivity index (χ2v) is 6.27. The summed E-state index contributed by atoms with van der Waals surface area (Å²) in [6.07, 6.45) is 0. The Bertz CT molecular complexity index is 1090. The Labute approximate surface area is 163 Å². The number of carbonyl (C=O) groups is 2. The first-order valence-electron chi connectivity index (χ1n) is 8.10. The molecule has 0 atom stereocenters. The number of ether oxygens (including phenoxy) is 1. The molecule has 0 bridgehead atoms. The minimum absolute atomic E-state index is 0.192. The van der Waals surface area contributed by atoms with Crippen LogP contribution in [0, 0.1) is 13.8 Å². The van der Waals surface area contributed by atoms with Crippen molar-refractivity contribution in [2.45, 2.75) is 13.8 Å². The fraction of sp³-hybridized carbons (Fsp3) is 0.167. The zero-order valence-electron chi connectivity index (χ0n) is 14.9. The lowest BCUT2D eigenvalue weighted by molar-refractivity contribution is -0.119. The highest BCUT2D eigenvalue weighted by molar-refractivity contribution is 6.30.